The van der Waals surface area contributed by atoms with Crippen molar-refractivity contribution in [2.45, 2.75) is 56.6 Å². The second-order valence-electron chi connectivity index (χ2n) is 6.76. The number of fused-ring (bicyclic) bond motifs is 1. The average molecular weight is 305 g/mol. The summed E-state index contributed by atoms with van der Waals surface area (Å²) in [5.41, 5.74) is 1.46. The van der Waals surface area contributed by atoms with E-state index in [9.17, 15) is 4.79 Å². The van der Waals surface area contributed by atoms with E-state index in [1.807, 2.05) is 0 Å². The van der Waals surface area contributed by atoms with Gasteiger partial charge < -0.3 is 19.9 Å². The molecule has 2 N–H and O–H groups in total. The molecule has 1 atom stereocenters. The van der Waals surface area contributed by atoms with Gasteiger partial charge in [-0.15, -0.1) is 0 Å². The highest BCUT2D eigenvalue weighted by molar-refractivity contribution is 5.94. The van der Waals surface area contributed by atoms with Gasteiger partial charge in [0.05, 0.1) is 18.2 Å². The summed E-state index contributed by atoms with van der Waals surface area (Å²) < 4.78 is 11.4. The van der Waals surface area contributed by atoms with Gasteiger partial charge in [-0.25, -0.2) is 0 Å². The Morgan fingerprint density at radius 1 is 1.27 bits per heavy atom. The monoisotopic (exact) mass is 305 g/mol. The second kappa shape index (κ2) is 5.66. The molecule has 6 nitrogen and oxygen atoms in total. The molecular formula is C16H23N3O3. The largest absolute Gasteiger partial charge is 0.373 e. The molecule has 0 unspecified atom stereocenters. The van der Waals surface area contributed by atoms with Gasteiger partial charge in [-0.3, -0.25) is 4.79 Å². The molecule has 2 saturated heterocycles. The number of aryl methyl sites for hydroxylation is 1. The number of aromatic nitrogens is 1. The van der Waals surface area contributed by atoms with Gasteiger partial charge in [-0.05, 0) is 51.6 Å². The molecule has 1 aliphatic carbocycles. The van der Waals surface area contributed by atoms with Crippen molar-refractivity contribution in [3.05, 3.63) is 17.0 Å². The third kappa shape index (κ3) is 2.54. The van der Waals surface area contributed by atoms with Crippen LogP contribution in [-0.2, 0) is 17.6 Å². The Hall–Kier alpha value is -1.40. The van der Waals surface area contributed by atoms with Crippen molar-refractivity contribution in [1.82, 2.24) is 15.8 Å². The topological polar surface area (TPSA) is 76.4 Å². The Morgan fingerprint density at radius 2 is 2.09 bits per heavy atom. The molecule has 6 heteroatoms. The first-order valence-corrected chi connectivity index (χ1v) is 8.39. The highest BCUT2D eigenvalue weighted by Crippen LogP contribution is 2.34. The summed E-state index contributed by atoms with van der Waals surface area (Å²) in [6.45, 7) is 2.60. The van der Waals surface area contributed by atoms with E-state index in [1.54, 1.807) is 0 Å². The molecule has 1 amide bonds. The Bertz CT molecular complexity index is 563. The molecule has 0 aromatic carbocycles. The number of carbonyl (C=O) groups excluding carboxylic acids is 1. The van der Waals surface area contributed by atoms with E-state index in [2.05, 4.69) is 15.8 Å². The van der Waals surface area contributed by atoms with Crippen LogP contribution >= 0.6 is 0 Å². The predicted molar refractivity (Wildman–Crippen MR) is 79.8 cm³/mol. The number of rotatable bonds is 2. The standard InChI is InChI=1S/C16H23N3O3/c20-15(14-12-3-1-2-4-13(12)22-19-14)18-11-9-16(21-10-11)5-7-17-8-6-16/h11,17H,1-10H2,(H,18,20)/t11-/m1/s1. The van der Waals surface area contributed by atoms with Gasteiger partial charge in [-0.1, -0.05) is 5.16 Å². The summed E-state index contributed by atoms with van der Waals surface area (Å²) in [4.78, 5) is 12.5. The number of hydrogen-bond donors (Lipinski definition) is 2. The lowest BCUT2D eigenvalue weighted by molar-refractivity contribution is -0.0194. The van der Waals surface area contributed by atoms with Crippen molar-refractivity contribution in [3.63, 3.8) is 0 Å². The normalized spacial score (nSPS) is 26.8. The number of ether oxygens (including phenoxy) is 1. The molecule has 22 heavy (non-hydrogen) atoms. The van der Waals surface area contributed by atoms with Gasteiger partial charge in [0, 0.05) is 12.0 Å². The lowest BCUT2D eigenvalue weighted by atomic mass is 9.88. The maximum Gasteiger partial charge on any atom is 0.274 e. The van der Waals surface area contributed by atoms with Gasteiger partial charge in [0.25, 0.3) is 5.91 Å². The number of piperidine rings is 1. The molecule has 4 rings (SSSR count). The van der Waals surface area contributed by atoms with Crippen LogP contribution in [0, 0.1) is 0 Å². The van der Waals surface area contributed by atoms with Crippen molar-refractivity contribution < 1.29 is 14.1 Å². The molecule has 3 aliphatic rings. The Kier molecular flexibility index (Phi) is 3.66. The SMILES string of the molecule is O=C(N[C@H]1COC2(CCNCC2)C1)c1noc2c1CCCC2. The zero-order chi connectivity index (χ0) is 15.0. The number of nitrogens with one attached hydrogen (secondary N) is 2. The van der Waals surface area contributed by atoms with Crippen molar-refractivity contribution in [1.29, 1.82) is 0 Å². The number of hydrogen-bond acceptors (Lipinski definition) is 5. The van der Waals surface area contributed by atoms with Crippen molar-refractivity contribution in [2.75, 3.05) is 19.7 Å². The molecule has 1 aromatic rings. The zero-order valence-electron chi connectivity index (χ0n) is 12.8. The van der Waals surface area contributed by atoms with Gasteiger partial charge in [-0.2, -0.15) is 0 Å². The summed E-state index contributed by atoms with van der Waals surface area (Å²) in [5, 5.41) is 10.5. The van der Waals surface area contributed by atoms with Crippen LogP contribution in [0.3, 0.4) is 0 Å². The van der Waals surface area contributed by atoms with Crippen LogP contribution in [-0.4, -0.2) is 42.4 Å². The molecular weight excluding hydrogens is 282 g/mol. The Morgan fingerprint density at radius 3 is 2.95 bits per heavy atom. The van der Waals surface area contributed by atoms with Gasteiger partial charge in [0.2, 0.25) is 0 Å². The summed E-state index contributed by atoms with van der Waals surface area (Å²) in [6.07, 6.45) is 6.99. The fraction of sp³-hybridized carbons (Fsp3) is 0.750. The molecule has 1 spiro atoms. The Labute approximate surface area is 129 Å². The molecule has 0 bridgehead atoms. The van der Waals surface area contributed by atoms with E-state index in [4.69, 9.17) is 9.26 Å². The van der Waals surface area contributed by atoms with E-state index in [0.29, 0.717) is 12.3 Å². The van der Waals surface area contributed by atoms with Gasteiger partial charge >= 0.3 is 0 Å². The summed E-state index contributed by atoms with van der Waals surface area (Å²) >= 11 is 0. The summed E-state index contributed by atoms with van der Waals surface area (Å²) in [7, 11) is 0. The van der Waals surface area contributed by atoms with Crippen LogP contribution in [0.15, 0.2) is 4.52 Å². The summed E-state index contributed by atoms with van der Waals surface area (Å²) in [6, 6.07) is 0.0848. The molecule has 3 heterocycles. The van der Waals surface area contributed by atoms with Crippen LogP contribution in [0.4, 0.5) is 0 Å². The fourth-order valence-corrected chi connectivity index (χ4v) is 3.98. The lowest BCUT2D eigenvalue weighted by Crippen LogP contribution is -2.43. The smallest absolute Gasteiger partial charge is 0.274 e. The minimum Gasteiger partial charge on any atom is -0.373 e. The third-order valence-corrected chi connectivity index (χ3v) is 5.22. The first-order chi connectivity index (χ1) is 10.8. The maximum absolute atomic E-state index is 12.5. The first kappa shape index (κ1) is 14.2. The Balaban J connectivity index is 1.41. The van der Waals surface area contributed by atoms with E-state index in [0.717, 1.165) is 69.4 Å². The van der Waals surface area contributed by atoms with Crippen LogP contribution in [0.2, 0.25) is 0 Å². The van der Waals surface area contributed by atoms with Crippen LogP contribution in [0.1, 0.15) is 53.9 Å². The average Bonchev–Trinajstić information content (AvgIpc) is 3.13. The molecule has 0 saturated carbocycles. The number of amides is 1. The zero-order valence-corrected chi connectivity index (χ0v) is 12.8. The van der Waals surface area contributed by atoms with Crippen molar-refractivity contribution in [2.24, 2.45) is 0 Å². The maximum atomic E-state index is 12.5. The van der Waals surface area contributed by atoms with Gasteiger partial charge in [0.1, 0.15) is 5.76 Å². The second-order valence-corrected chi connectivity index (χ2v) is 6.76. The van der Waals surface area contributed by atoms with Crippen molar-refractivity contribution >= 4 is 5.91 Å². The highest BCUT2D eigenvalue weighted by atomic mass is 16.5. The van der Waals surface area contributed by atoms with Crippen LogP contribution in [0.25, 0.3) is 0 Å². The highest BCUT2D eigenvalue weighted by Gasteiger charge is 2.42. The first-order valence-electron chi connectivity index (χ1n) is 8.39. The van der Waals surface area contributed by atoms with E-state index >= 15 is 0 Å². The molecule has 0 radical (unpaired) electrons. The quantitative estimate of drug-likeness (QED) is 0.858. The van der Waals surface area contributed by atoms with E-state index in [1.165, 1.54) is 0 Å². The molecule has 120 valence electrons. The number of carbonyl (C=O) groups is 1. The molecule has 1 aromatic heterocycles. The van der Waals surface area contributed by atoms with Crippen LogP contribution < -0.4 is 10.6 Å². The third-order valence-electron chi connectivity index (χ3n) is 5.22. The molecule has 2 fully saturated rings. The van der Waals surface area contributed by atoms with E-state index in [-0.39, 0.29) is 17.6 Å². The fourth-order valence-electron chi connectivity index (χ4n) is 3.98. The lowest BCUT2D eigenvalue weighted by Gasteiger charge is -2.32. The van der Waals surface area contributed by atoms with E-state index < -0.39 is 0 Å². The van der Waals surface area contributed by atoms with Gasteiger partial charge in [0.15, 0.2) is 5.69 Å². The minimum atomic E-state index is -0.105. The predicted octanol–water partition coefficient (Wildman–Crippen LogP) is 1.19. The number of nitrogens with zero attached hydrogens (tertiary/aromatic N) is 1. The molecule has 2 aliphatic heterocycles. The summed E-state index contributed by atoms with van der Waals surface area (Å²) in [5.74, 6) is 0.792. The minimum absolute atomic E-state index is 0.0353. The van der Waals surface area contributed by atoms with Crippen LogP contribution in [0.5, 0.6) is 0 Å². The van der Waals surface area contributed by atoms with Crippen molar-refractivity contribution in [3.8, 4) is 0 Å².